The van der Waals surface area contributed by atoms with Crippen LogP contribution in [0.1, 0.15) is 56.4 Å². The van der Waals surface area contributed by atoms with Gasteiger partial charge in [0.1, 0.15) is 5.82 Å². The highest BCUT2D eigenvalue weighted by Crippen LogP contribution is 2.34. The topological polar surface area (TPSA) is 39.3 Å². The van der Waals surface area contributed by atoms with E-state index in [2.05, 4.69) is 28.2 Å². The fourth-order valence-electron chi connectivity index (χ4n) is 5.71. The molecule has 0 bridgehead atoms. The van der Waals surface area contributed by atoms with Crippen molar-refractivity contribution >= 4 is 22.5 Å². The van der Waals surface area contributed by atoms with Gasteiger partial charge in [-0.2, -0.15) is 0 Å². The van der Waals surface area contributed by atoms with Gasteiger partial charge < -0.3 is 14.8 Å². The van der Waals surface area contributed by atoms with Crippen LogP contribution >= 0.6 is 0 Å². The van der Waals surface area contributed by atoms with E-state index in [1.807, 2.05) is 29.2 Å². The summed E-state index contributed by atoms with van der Waals surface area (Å²) in [5, 5.41) is 1.02. The van der Waals surface area contributed by atoms with Crippen LogP contribution in [-0.4, -0.2) is 42.0 Å². The lowest BCUT2D eigenvalue weighted by Crippen LogP contribution is -2.44. The van der Waals surface area contributed by atoms with Gasteiger partial charge in [0, 0.05) is 41.8 Å². The van der Waals surface area contributed by atoms with Gasteiger partial charge in [0.2, 0.25) is 5.91 Å². The van der Waals surface area contributed by atoms with Crippen molar-refractivity contribution in [1.29, 1.82) is 0 Å². The predicted octanol–water partition coefficient (Wildman–Crippen LogP) is 6.10. The Morgan fingerprint density at radius 1 is 1.00 bits per heavy atom. The van der Waals surface area contributed by atoms with Crippen LogP contribution in [0.5, 0.6) is 0 Å². The van der Waals surface area contributed by atoms with Crippen LogP contribution in [0.4, 0.5) is 10.1 Å². The van der Waals surface area contributed by atoms with Gasteiger partial charge in [-0.1, -0.05) is 37.5 Å². The molecule has 174 valence electrons. The summed E-state index contributed by atoms with van der Waals surface area (Å²) in [5.74, 6) is 0.749. The van der Waals surface area contributed by atoms with E-state index in [9.17, 15) is 9.18 Å². The Labute approximate surface area is 195 Å². The van der Waals surface area contributed by atoms with E-state index in [1.165, 1.54) is 30.9 Å². The summed E-state index contributed by atoms with van der Waals surface area (Å²) >= 11 is 0. The molecule has 33 heavy (non-hydrogen) atoms. The number of likely N-dealkylation sites (tertiary alicyclic amines) is 1. The second-order valence-corrected chi connectivity index (χ2v) is 9.71. The number of rotatable bonds is 6. The van der Waals surface area contributed by atoms with Crippen LogP contribution in [-0.2, 0) is 4.79 Å². The van der Waals surface area contributed by atoms with Gasteiger partial charge in [-0.05, 0) is 80.6 Å². The van der Waals surface area contributed by atoms with Gasteiger partial charge in [0.25, 0.3) is 0 Å². The number of aromatic amines is 1. The summed E-state index contributed by atoms with van der Waals surface area (Å²) < 4.78 is 13.8. The maximum Gasteiger partial charge on any atom is 0.230 e. The quantitative estimate of drug-likeness (QED) is 0.496. The lowest BCUT2D eigenvalue weighted by Gasteiger charge is -2.35. The smallest absolute Gasteiger partial charge is 0.230 e. The summed E-state index contributed by atoms with van der Waals surface area (Å²) in [6, 6.07) is 15.2. The molecule has 2 aliphatic rings. The van der Waals surface area contributed by atoms with Crippen molar-refractivity contribution in [3.63, 3.8) is 0 Å². The molecule has 1 saturated carbocycles. The standard InChI is InChI=1S/C28H34FN3O/c29-23-11-12-27-25(19-23)26(20-30-27)21-13-15-31(16-14-21)17-18-32(24-9-5-2-6-10-24)28(33)22-7-3-1-4-8-22/h2,5-6,9-12,19-22,30H,1,3-4,7-8,13-18H2. The van der Waals surface area contributed by atoms with Crippen molar-refractivity contribution in [2.45, 2.75) is 50.9 Å². The SMILES string of the molecule is O=C(C1CCCCC1)N(CCN1CCC(c2c[nH]c3ccc(F)cc23)CC1)c1ccccc1. The first-order valence-electron chi connectivity index (χ1n) is 12.5. The van der Waals surface area contributed by atoms with E-state index in [4.69, 9.17) is 0 Å². The highest BCUT2D eigenvalue weighted by Gasteiger charge is 2.28. The molecule has 4 nitrogen and oxygen atoms in total. The van der Waals surface area contributed by atoms with Crippen LogP contribution < -0.4 is 4.90 Å². The number of nitrogens with zero attached hydrogens (tertiary/aromatic N) is 2. The summed E-state index contributed by atoms with van der Waals surface area (Å²) in [7, 11) is 0. The minimum absolute atomic E-state index is 0.173. The maximum absolute atomic E-state index is 13.8. The zero-order valence-electron chi connectivity index (χ0n) is 19.3. The molecule has 1 aromatic heterocycles. The highest BCUT2D eigenvalue weighted by atomic mass is 19.1. The largest absolute Gasteiger partial charge is 0.361 e. The van der Waals surface area contributed by atoms with E-state index in [-0.39, 0.29) is 11.7 Å². The Balaban J connectivity index is 1.21. The number of amides is 1. The Hall–Kier alpha value is -2.66. The van der Waals surface area contributed by atoms with Crippen molar-refractivity contribution in [1.82, 2.24) is 9.88 Å². The van der Waals surface area contributed by atoms with E-state index >= 15 is 0 Å². The lowest BCUT2D eigenvalue weighted by molar-refractivity contribution is -0.123. The molecule has 0 radical (unpaired) electrons. The van der Waals surface area contributed by atoms with Crippen molar-refractivity contribution in [2.24, 2.45) is 5.92 Å². The van der Waals surface area contributed by atoms with E-state index in [0.717, 1.165) is 68.5 Å². The molecule has 0 atom stereocenters. The number of carbonyl (C=O) groups excluding carboxylic acids is 1. The molecule has 3 aromatic rings. The fraction of sp³-hybridized carbons (Fsp3) is 0.464. The second kappa shape index (κ2) is 10.1. The van der Waals surface area contributed by atoms with Gasteiger partial charge in [-0.25, -0.2) is 4.39 Å². The molecular formula is C28H34FN3O. The maximum atomic E-state index is 13.8. The molecule has 0 unspecified atom stereocenters. The Morgan fingerprint density at radius 2 is 1.76 bits per heavy atom. The van der Waals surface area contributed by atoms with Crippen LogP contribution in [0.25, 0.3) is 10.9 Å². The van der Waals surface area contributed by atoms with Crippen LogP contribution in [0.2, 0.25) is 0 Å². The van der Waals surface area contributed by atoms with E-state index < -0.39 is 0 Å². The number of piperidine rings is 1. The van der Waals surface area contributed by atoms with Gasteiger partial charge in [-0.15, -0.1) is 0 Å². The number of anilines is 1. The van der Waals surface area contributed by atoms with E-state index in [1.54, 1.807) is 6.07 Å². The average molecular weight is 448 g/mol. The van der Waals surface area contributed by atoms with Gasteiger partial charge in [0.05, 0.1) is 0 Å². The Bertz CT molecular complexity index is 1070. The first-order chi connectivity index (χ1) is 16.2. The minimum atomic E-state index is -0.176. The van der Waals surface area contributed by atoms with Gasteiger partial charge in [-0.3, -0.25) is 4.79 Å². The van der Waals surface area contributed by atoms with Crippen molar-refractivity contribution < 1.29 is 9.18 Å². The van der Waals surface area contributed by atoms with Crippen molar-refractivity contribution in [3.8, 4) is 0 Å². The van der Waals surface area contributed by atoms with Gasteiger partial charge >= 0.3 is 0 Å². The Morgan fingerprint density at radius 3 is 2.52 bits per heavy atom. The zero-order valence-corrected chi connectivity index (χ0v) is 19.3. The van der Waals surface area contributed by atoms with Crippen molar-refractivity contribution in [3.05, 3.63) is 66.1 Å². The number of hydrogen-bond acceptors (Lipinski definition) is 2. The third-order valence-corrected chi connectivity index (χ3v) is 7.63. The van der Waals surface area contributed by atoms with E-state index in [0.29, 0.717) is 11.8 Å². The summed E-state index contributed by atoms with van der Waals surface area (Å²) in [5.41, 5.74) is 3.26. The number of H-pyrrole nitrogens is 1. The number of carbonyl (C=O) groups is 1. The third kappa shape index (κ3) is 4.98. The average Bonchev–Trinajstić information content (AvgIpc) is 3.28. The van der Waals surface area contributed by atoms with Crippen molar-refractivity contribution in [2.75, 3.05) is 31.1 Å². The molecule has 1 aliphatic carbocycles. The fourth-order valence-corrected chi connectivity index (χ4v) is 5.71. The Kier molecular flexibility index (Phi) is 6.77. The molecule has 1 N–H and O–H groups in total. The first kappa shape index (κ1) is 22.1. The number of nitrogens with one attached hydrogen (secondary N) is 1. The number of benzene rings is 2. The zero-order chi connectivity index (χ0) is 22.6. The summed E-state index contributed by atoms with van der Waals surface area (Å²) in [4.78, 5) is 21.2. The normalized spacial score (nSPS) is 18.6. The minimum Gasteiger partial charge on any atom is -0.361 e. The monoisotopic (exact) mass is 447 g/mol. The number of aromatic nitrogens is 1. The van der Waals surface area contributed by atoms with Crippen LogP contribution in [0.3, 0.4) is 0 Å². The predicted molar refractivity (Wildman–Crippen MR) is 132 cm³/mol. The number of para-hydroxylation sites is 1. The molecule has 5 heteroatoms. The second-order valence-electron chi connectivity index (χ2n) is 9.71. The molecule has 0 spiro atoms. The van der Waals surface area contributed by atoms with Gasteiger partial charge in [0.15, 0.2) is 0 Å². The molecule has 1 saturated heterocycles. The molecule has 1 amide bonds. The molecule has 2 heterocycles. The summed E-state index contributed by atoms with van der Waals surface area (Å²) in [6.45, 7) is 3.64. The molecule has 5 rings (SSSR count). The number of halogens is 1. The third-order valence-electron chi connectivity index (χ3n) is 7.63. The molecule has 1 aliphatic heterocycles. The van der Waals surface area contributed by atoms with Crippen LogP contribution in [0, 0.1) is 11.7 Å². The van der Waals surface area contributed by atoms with Crippen LogP contribution in [0.15, 0.2) is 54.7 Å². The lowest BCUT2D eigenvalue weighted by atomic mass is 9.88. The molecule has 2 aromatic carbocycles. The summed E-state index contributed by atoms with van der Waals surface area (Å²) in [6.07, 6.45) is 9.83. The molecular weight excluding hydrogens is 413 g/mol. The molecule has 2 fully saturated rings. The highest BCUT2D eigenvalue weighted by molar-refractivity contribution is 5.95. The number of fused-ring (bicyclic) bond motifs is 1. The number of hydrogen-bond donors (Lipinski definition) is 1. The first-order valence-corrected chi connectivity index (χ1v) is 12.5.